The molecule has 0 fully saturated rings. The summed E-state index contributed by atoms with van der Waals surface area (Å²) in [5.74, 6) is -5.98. The molecule has 0 bridgehead atoms. The predicted molar refractivity (Wildman–Crippen MR) is 115 cm³/mol. The summed E-state index contributed by atoms with van der Waals surface area (Å²) in [6.45, 7) is 2.35. The van der Waals surface area contributed by atoms with Gasteiger partial charge in [-0.3, -0.25) is 14.5 Å². The van der Waals surface area contributed by atoms with Gasteiger partial charge in [0.1, 0.15) is 5.82 Å². The average molecular weight is 467 g/mol. The lowest BCUT2D eigenvalue weighted by atomic mass is 10.0. The molecule has 32 heavy (non-hydrogen) atoms. The van der Waals surface area contributed by atoms with Crippen molar-refractivity contribution in [3.8, 4) is 0 Å². The van der Waals surface area contributed by atoms with Crippen molar-refractivity contribution in [2.45, 2.75) is 13.3 Å². The van der Waals surface area contributed by atoms with Crippen LogP contribution in [0.3, 0.4) is 0 Å². The van der Waals surface area contributed by atoms with E-state index in [2.05, 4.69) is 15.3 Å². The minimum Gasteiger partial charge on any atom is -0.368 e. The SMILES string of the molecule is CCCS(=O)(=O)Nc1cc(F)c(F)c(C(=O)c2ccc3ncc(NCCN)nc3c2)c1F. The van der Waals surface area contributed by atoms with Crippen molar-refractivity contribution in [2.24, 2.45) is 5.73 Å². The molecular weight excluding hydrogens is 447 g/mol. The Morgan fingerprint density at radius 1 is 1.12 bits per heavy atom. The van der Waals surface area contributed by atoms with E-state index in [-0.39, 0.29) is 23.3 Å². The van der Waals surface area contributed by atoms with Crippen LogP contribution in [-0.4, -0.2) is 43.0 Å². The van der Waals surface area contributed by atoms with Gasteiger partial charge in [0, 0.05) is 24.7 Å². The third kappa shape index (κ3) is 4.97. The van der Waals surface area contributed by atoms with Gasteiger partial charge in [0.2, 0.25) is 10.0 Å². The van der Waals surface area contributed by atoms with Crippen molar-refractivity contribution >= 4 is 38.3 Å². The summed E-state index contributed by atoms with van der Waals surface area (Å²) in [5, 5.41) is 2.91. The highest BCUT2D eigenvalue weighted by Crippen LogP contribution is 2.28. The zero-order valence-electron chi connectivity index (χ0n) is 17.0. The van der Waals surface area contributed by atoms with Crippen LogP contribution in [0.2, 0.25) is 0 Å². The van der Waals surface area contributed by atoms with Gasteiger partial charge in [-0.25, -0.2) is 26.6 Å². The van der Waals surface area contributed by atoms with Crippen LogP contribution in [0, 0.1) is 17.5 Å². The summed E-state index contributed by atoms with van der Waals surface area (Å²) >= 11 is 0. The van der Waals surface area contributed by atoms with Crippen LogP contribution in [0.5, 0.6) is 0 Å². The molecule has 1 heterocycles. The van der Waals surface area contributed by atoms with Gasteiger partial charge >= 0.3 is 0 Å². The second-order valence-corrected chi connectivity index (χ2v) is 8.68. The number of nitrogens with one attached hydrogen (secondary N) is 2. The topological polar surface area (TPSA) is 127 Å². The molecule has 0 aliphatic heterocycles. The fraction of sp³-hybridized carbons (Fsp3) is 0.250. The summed E-state index contributed by atoms with van der Waals surface area (Å²) in [6, 6.07) is 4.29. The molecular formula is C20H20F3N5O3S. The molecule has 0 aliphatic rings. The Kier molecular flexibility index (Phi) is 6.94. The number of aromatic nitrogens is 2. The molecule has 0 saturated heterocycles. The number of hydrogen-bond acceptors (Lipinski definition) is 7. The smallest absolute Gasteiger partial charge is 0.232 e. The molecule has 2 aromatic carbocycles. The Bertz CT molecular complexity index is 1290. The number of carbonyl (C=O) groups excluding carboxylic acids is 1. The summed E-state index contributed by atoms with van der Waals surface area (Å²) in [4.78, 5) is 21.3. The molecule has 0 amide bonds. The number of nitrogens with zero attached hydrogens (tertiary/aromatic N) is 2. The molecule has 0 unspecified atom stereocenters. The van der Waals surface area contributed by atoms with Crippen molar-refractivity contribution in [2.75, 3.05) is 28.9 Å². The average Bonchev–Trinajstić information content (AvgIpc) is 2.75. The lowest BCUT2D eigenvalue weighted by Gasteiger charge is -2.12. The highest BCUT2D eigenvalue weighted by molar-refractivity contribution is 7.92. The van der Waals surface area contributed by atoms with Gasteiger partial charge in [-0.05, 0) is 24.6 Å². The van der Waals surface area contributed by atoms with Crippen LogP contribution in [0.1, 0.15) is 29.3 Å². The predicted octanol–water partition coefficient (Wildman–Crippen LogP) is 2.80. The number of halogens is 3. The number of anilines is 2. The highest BCUT2D eigenvalue weighted by Gasteiger charge is 2.27. The molecule has 0 radical (unpaired) electrons. The number of rotatable bonds is 9. The van der Waals surface area contributed by atoms with Crippen molar-refractivity contribution in [3.63, 3.8) is 0 Å². The van der Waals surface area contributed by atoms with Crippen LogP contribution in [0.4, 0.5) is 24.7 Å². The van der Waals surface area contributed by atoms with E-state index >= 15 is 0 Å². The normalized spacial score (nSPS) is 11.5. The lowest BCUT2D eigenvalue weighted by Crippen LogP contribution is -2.19. The summed E-state index contributed by atoms with van der Waals surface area (Å²) in [5.41, 5.74) is 3.83. The van der Waals surface area contributed by atoms with E-state index in [4.69, 9.17) is 5.73 Å². The number of carbonyl (C=O) groups is 1. The molecule has 3 rings (SSSR count). The van der Waals surface area contributed by atoms with Crippen LogP contribution >= 0.6 is 0 Å². The quantitative estimate of drug-likeness (QED) is 0.326. The fourth-order valence-electron chi connectivity index (χ4n) is 2.95. The number of hydrogen-bond donors (Lipinski definition) is 3. The van der Waals surface area contributed by atoms with E-state index in [1.54, 1.807) is 6.92 Å². The Labute approximate surface area is 182 Å². The molecule has 0 aliphatic carbocycles. The molecule has 8 nitrogen and oxygen atoms in total. The first-order valence-electron chi connectivity index (χ1n) is 9.60. The third-order valence-corrected chi connectivity index (χ3v) is 5.85. The molecule has 0 saturated carbocycles. The van der Waals surface area contributed by atoms with Crippen molar-refractivity contribution in [1.82, 2.24) is 9.97 Å². The first-order valence-corrected chi connectivity index (χ1v) is 11.3. The minimum absolute atomic E-state index is 0.187. The summed E-state index contributed by atoms with van der Waals surface area (Å²) in [6.07, 6.45) is 1.67. The zero-order valence-corrected chi connectivity index (χ0v) is 17.8. The number of sulfonamides is 1. The zero-order chi connectivity index (χ0) is 23.5. The van der Waals surface area contributed by atoms with Crippen LogP contribution in [-0.2, 0) is 10.0 Å². The maximum absolute atomic E-state index is 14.9. The molecule has 12 heteroatoms. The van der Waals surface area contributed by atoms with Gasteiger partial charge in [-0.1, -0.05) is 6.92 Å². The van der Waals surface area contributed by atoms with E-state index in [9.17, 15) is 26.4 Å². The lowest BCUT2D eigenvalue weighted by molar-refractivity contribution is 0.103. The number of benzene rings is 2. The van der Waals surface area contributed by atoms with Gasteiger partial charge < -0.3 is 11.1 Å². The van der Waals surface area contributed by atoms with E-state index in [1.807, 2.05) is 4.72 Å². The minimum atomic E-state index is -4.01. The van der Waals surface area contributed by atoms with Gasteiger partial charge in [-0.2, -0.15) is 0 Å². The largest absolute Gasteiger partial charge is 0.368 e. The van der Waals surface area contributed by atoms with Crippen molar-refractivity contribution in [1.29, 1.82) is 0 Å². The van der Waals surface area contributed by atoms with Crippen LogP contribution in [0.25, 0.3) is 11.0 Å². The molecule has 170 valence electrons. The number of fused-ring (bicyclic) bond motifs is 1. The number of nitrogens with two attached hydrogens (primary N) is 1. The monoisotopic (exact) mass is 467 g/mol. The maximum Gasteiger partial charge on any atom is 0.232 e. The van der Waals surface area contributed by atoms with Crippen LogP contribution in [0.15, 0.2) is 30.5 Å². The van der Waals surface area contributed by atoms with Gasteiger partial charge in [0.05, 0.1) is 34.2 Å². The van der Waals surface area contributed by atoms with Crippen LogP contribution < -0.4 is 15.8 Å². The van der Waals surface area contributed by atoms with Gasteiger partial charge in [-0.15, -0.1) is 0 Å². The van der Waals surface area contributed by atoms with Crippen molar-refractivity contribution in [3.05, 3.63) is 59.0 Å². The molecule has 0 spiro atoms. The Morgan fingerprint density at radius 2 is 1.88 bits per heavy atom. The molecule has 1 aromatic heterocycles. The first kappa shape index (κ1) is 23.4. The molecule has 3 aromatic rings. The first-order chi connectivity index (χ1) is 15.2. The Morgan fingerprint density at radius 3 is 2.56 bits per heavy atom. The summed E-state index contributed by atoms with van der Waals surface area (Å²) < 4.78 is 69.2. The second kappa shape index (κ2) is 9.49. The van der Waals surface area contributed by atoms with E-state index in [1.165, 1.54) is 24.4 Å². The van der Waals surface area contributed by atoms with Crippen molar-refractivity contribution < 1.29 is 26.4 Å². The van der Waals surface area contributed by atoms with E-state index in [0.717, 1.165) is 0 Å². The van der Waals surface area contributed by atoms with E-state index in [0.29, 0.717) is 30.5 Å². The standard InChI is InChI=1S/C20H20F3N5O3S/c1-2-7-32(30,31)28-15-9-12(21)18(22)17(19(15)23)20(29)11-3-4-13-14(8-11)27-16(10-26-13)25-6-5-24/h3-4,8-10,28H,2,5-7,24H2,1H3,(H,25,27). The van der Waals surface area contributed by atoms with Gasteiger partial charge in [0.15, 0.2) is 23.2 Å². The summed E-state index contributed by atoms with van der Waals surface area (Å²) in [7, 11) is -4.01. The molecule has 0 atom stereocenters. The highest BCUT2D eigenvalue weighted by atomic mass is 32.2. The Balaban J connectivity index is 2.05. The fourth-order valence-corrected chi connectivity index (χ4v) is 4.07. The Hall–Kier alpha value is -3.25. The number of ketones is 1. The molecule has 4 N–H and O–H groups in total. The third-order valence-electron chi connectivity index (χ3n) is 4.38. The van der Waals surface area contributed by atoms with Gasteiger partial charge in [0.25, 0.3) is 0 Å². The van der Waals surface area contributed by atoms with E-state index < -0.39 is 44.5 Å². The second-order valence-electron chi connectivity index (χ2n) is 6.83. The maximum atomic E-state index is 14.9.